The number of rotatable bonds is 3. The van der Waals surface area contributed by atoms with Gasteiger partial charge in [0.15, 0.2) is 0 Å². The predicted octanol–water partition coefficient (Wildman–Crippen LogP) is 4.18. The van der Waals surface area contributed by atoms with Gasteiger partial charge in [-0.15, -0.1) is 13.2 Å². The molecule has 2 rings (SSSR count). The number of methoxy groups -OCH3 is 1. The van der Waals surface area contributed by atoms with Gasteiger partial charge < -0.3 is 9.47 Å². The molecule has 0 aromatic heterocycles. The second-order valence-corrected chi connectivity index (χ2v) is 4.23. The van der Waals surface area contributed by atoms with Gasteiger partial charge in [0.05, 0.1) is 12.7 Å². The van der Waals surface area contributed by atoms with E-state index in [0.717, 1.165) is 19.2 Å². The Morgan fingerprint density at radius 3 is 2.23 bits per heavy atom. The lowest BCUT2D eigenvalue weighted by atomic mass is 10.0. The van der Waals surface area contributed by atoms with E-state index in [0.29, 0.717) is 5.56 Å². The normalized spacial score (nSPS) is 11.1. The van der Waals surface area contributed by atoms with Crippen LogP contribution in [-0.4, -0.2) is 19.4 Å². The number of halogens is 4. The highest BCUT2D eigenvalue weighted by atomic mass is 19.4. The molecule has 22 heavy (non-hydrogen) atoms. The number of hydrogen-bond donors (Lipinski definition) is 0. The number of ether oxygens (including phenoxy) is 2. The van der Waals surface area contributed by atoms with Crippen LogP contribution in [0, 0.1) is 5.82 Å². The number of carbonyl (C=O) groups excluding carboxylic acids is 1. The molecule has 0 aliphatic carbocycles. The summed E-state index contributed by atoms with van der Waals surface area (Å²) in [5, 5.41) is 0. The highest BCUT2D eigenvalue weighted by Gasteiger charge is 2.31. The minimum Gasteiger partial charge on any atom is -0.465 e. The van der Waals surface area contributed by atoms with Gasteiger partial charge in [0.1, 0.15) is 11.6 Å². The van der Waals surface area contributed by atoms with Crippen molar-refractivity contribution in [2.75, 3.05) is 7.11 Å². The van der Waals surface area contributed by atoms with Gasteiger partial charge in [-0.2, -0.15) is 0 Å². The molecule has 0 radical (unpaired) electrons. The van der Waals surface area contributed by atoms with E-state index in [1.165, 1.54) is 30.3 Å². The number of benzene rings is 2. The molecule has 0 unspecified atom stereocenters. The second-order valence-electron chi connectivity index (χ2n) is 4.23. The maximum absolute atomic E-state index is 14.3. The Bertz CT molecular complexity index is 678. The summed E-state index contributed by atoms with van der Waals surface area (Å²) in [6.45, 7) is 0. The van der Waals surface area contributed by atoms with Crippen LogP contribution in [0.15, 0.2) is 42.5 Å². The first kappa shape index (κ1) is 15.8. The van der Waals surface area contributed by atoms with Gasteiger partial charge in [-0.25, -0.2) is 9.18 Å². The van der Waals surface area contributed by atoms with Crippen LogP contribution in [0.3, 0.4) is 0 Å². The van der Waals surface area contributed by atoms with Gasteiger partial charge in [-0.3, -0.25) is 0 Å². The Morgan fingerprint density at radius 1 is 1.05 bits per heavy atom. The van der Waals surface area contributed by atoms with E-state index in [-0.39, 0.29) is 11.1 Å². The van der Waals surface area contributed by atoms with Gasteiger partial charge in [-0.1, -0.05) is 24.3 Å². The van der Waals surface area contributed by atoms with Crippen LogP contribution in [0.5, 0.6) is 5.75 Å². The molecule has 0 heterocycles. The SMILES string of the molecule is COC(=O)c1cccc(-c2ccc(OC(F)(F)F)cc2)c1F. The summed E-state index contributed by atoms with van der Waals surface area (Å²) in [4.78, 5) is 11.4. The fraction of sp³-hybridized carbons (Fsp3) is 0.133. The van der Waals surface area contributed by atoms with E-state index in [9.17, 15) is 22.4 Å². The molecule has 0 fully saturated rings. The Balaban J connectivity index is 2.35. The zero-order valence-electron chi connectivity index (χ0n) is 11.3. The fourth-order valence-corrected chi connectivity index (χ4v) is 1.86. The van der Waals surface area contributed by atoms with Crippen LogP contribution in [0.2, 0.25) is 0 Å². The monoisotopic (exact) mass is 314 g/mol. The van der Waals surface area contributed by atoms with Crippen molar-refractivity contribution in [3.63, 3.8) is 0 Å². The first-order chi connectivity index (χ1) is 10.3. The number of carbonyl (C=O) groups is 1. The van der Waals surface area contributed by atoms with E-state index in [4.69, 9.17) is 0 Å². The van der Waals surface area contributed by atoms with Gasteiger partial charge in [0.2, 0.25) is 0 Å². The number of esters is 1. The molecule has 0 amide bonds. The molecule has 2 aromatic rings. The summed E-state index contributed by atoms with van der Waals surface area (Å²) in [6.07, 6.45) is -4.79. The Labute approximate surface area is 123 Å². The zero-order valence-corrected chi connectivity index (χ0v) is 11.3. The third kappa shape index (κ3) is 3.55. The van der Waals surface area contributed by atoms with Crippen molar-refractivity contribution < 1.29 is 31.8 Å². The molecule has 0 saturated carbocycles. The Morgan fingerprint density at radius 2 is 1.68 bits per heavy atom. The molecule has 2 aromatic carbocycles. The van der Waals surface area contributed by atoms with Crippen LogP contribution in [0.1, 0.15) is 10.4 Å². The van der Waals surface area contributed by atoms with Gasteiger partial charge in [-0.05, 0) is 23.8 Å². The number of hydrogen-bond acceptors (Lipinski definition) is 3. The quantitative estimate of drug-likeness (QED) is 0.630. The van der Waals surface area contributed by atoms with Crippen LogP contribution >= 0.6 is 0 Å². The summed E-state index contributed by atoms with van der Waals surface area (Å²) in [5.74, 6) is -2.06. The summed E-state index contributed by atoms with van der Waals surface area (Å²) < 4.78 is 58.7. The molecule has 0 N–H and O–H groups in total. The topological polar surface area (TPSA) is 35.5 Å². The third-order valence-electron chi connectivity index (χ3n) is 2.80. The van der Waals surface area contributed by atoms with Crippen molar-refractivity contribution in [3.05, 3.63) is 53.8 Å². The molecule has 0 aliphatic heterocycles. The van der Waals surface area contributed by atoms with Gasteiger partial charge in [0.25, 0.3) is 0 Å². The van der Waals surface area contributed by atoms with Crippen molar-refractivity contribution in [1.82, 2.24) is 0 Å². The van der Waals surface area contributed by atoms with Crippen LogP contribution < -0.4 is 4.74 Å². The third-order valence-corrected chi connectivity index (χ3v) is 2.80. The molecule has 0 spiro atoms. The molecule has 3 nitrogen and oxygen atoms in total. The molecule has 0 atom stereocenters. The van der Waals surface area contributed by atoms with Crippen LogP contribution in [0.25, 0.3) is 11.1 Å². The molecular weight excluding hydrogens is 304 g/mol. The average molecular weight is 314 g/mol. The zero-order chi connectivity index (χ0) is 16.3. The lowest BCUT2D eigenvalue weighted by Gasteiger charge is -2.10. The molecule has 0 aliphatic rings. The smallest absolute Gasteiger partial charge is 0.465 e. The molecule has 0 saturated heterocycles. The van der Waals surface area contributed by atoms with E-state index < -0.39 is 23.9 Å². The first-order valence-electron chi connectivity index (χ1n) is 6.05. The summed E-state index contributed by atoms with van der Waals surface area (Å²) >= 11 is 0. The highest BCUT2D eigenvalue weighted by Crippen LogP contribution is 2.29. The molecule has 0 bridgehead atoms. The molecule has 7 heteroatoms. The maximum Gasteiger partial charge on any atom is 0.573 e. The first-order valence-corrected chi connectivity index (χ1v) is 6.05. The predicted molar refractivity (Wildman–Crippen MR) is 69.9 cm³/mol. The van der Waals surface area contributed by atoms with Crippen LogP contribution in [0.4, 0.5) is 17.6 Å². The van der Waals surface area contributed by atoms with E-state index >= 15 is 0 Å². The van der Waals surface area contributed by atoms with Crippen molar-refractivity contribution in [2.24, 2.45) is 0 Å². The summed E-state index contributed by atoms with van der Waals surface area (Å²) in [5.41, 5.74) is 0.120. The Kier molecular flexibility index (Phi) is 4.35. The van der Waals surface area contributed by atoms with Crippen molar-refractivity contribution in [1.29, 1.82) is 0 Å². The highest BCUT2D eigenvalue weighted by molar-refractivity contribution is 5.91. The lowest BCUT2D eigenvalue weighted by molar-refractivity contribution is -0.274. The summed E-state index contributed by atoms with van der Waals surface area (Å²) in [6, 6.07) is 8.76. The van der Waals surface area contributed by atoms with Gasteiger partial charge in [0, 0.05) is 5.56 Å². The van der Waals surface area contributed by atoms with Crippen molar-refractivity contribution in [3.8, 4) is 16.9 Å². The summed E-state index contributed by atoms with van der Waals surface area (Å²) in [7, 11) is 1.12. The second kappa shape index (κ2) is 6.05. The molecule has 116 valence electrons. The Hall–Kier alpha value is -2.57. The molecular formula is C15H10F4O3. The van der Waals surface area contributed by atoms with Crippen molar-refractivity contribution in [2.45, 2.75) is 6.36 Å². The van der Waals surface area contributed by atoms with E-state index in [1.54, 1.807) is 0 Å². The maximum atomic E-state index is 14.3. The largest absolute Gasteiger partial charge is 0.573 e. The standard InChI is InChI=1S/C15H10F4O3/c1-21-14(20)12-4-2-3-11(13(12)16)9-5-7-10(8-6-9)22-15(17,18)19/h2-8H,1H3. The lowest BCUT2D eigenvalue weighted by Crippen LogP contribution is -2.16. The minimum absolute atomic E-state index is 0.0708. The van der Waals surface area contributed by atoms with E-state index in [1.807, 2.05) is 0 Å². The fourth-order valence-electron chi connectivity index (χ4n) is 1.86. The van der Waals surface area contributed by atoms with Crippen LogP contribution in [-0.2, 0) is 4.74 Å². The van der Waals surface area contributed by atoms with E-state index in [2.05, 4.69) is 9.47 Å². The minimum atomic E-state index is -4.79. The van der Waals surface area contributed by atoms with Crippen molar-refractivity contribution >= 4 is 5.97 Å². The average Bonchev–Trinajstić information content (AvgIpc) is 2.46. The van der Waals surface area contributed by atoms with Gasteiger partial charge >= 0.3 is 12.3 Å². The number of alkyl halides is 3.